The van der Waals surface area contributed by atoms with Crippen molar-refractivity contribution < 1.29 is 9.53 Å². The van der Waals surface area contributed by atoms with E-state index in [4.69, 9.17) is 4.74 Å². The molecule has 0 N–H and O–H groups in total. The summed E-state index contributed by atoms with van der Waals surface area (Å²) in [6.45, 7) is 8.99. The molecule has 0 amide bonds. The molecule has 2 nitrogen and oxygen atoms in total. The molecule has 2 heteroatoms. The molecule has 0 aliphatic heterocycles. The third kappa shape index (κ3) is 13.4. The molecule has 0 spiro atoms. The van der Waals surface area contributed by atoms with Crippen molar-refractivity contribution in [2.45, 2.75) is 79.1 Å². The molecule has 0 heterocycles. The van der Waals surface area contributed by atoms with Gasteiger partial charge in [0, 0.05) is 6.42 Å². The molecule has 0 aliphatic carbocycles. The van der Waals surface area contributed by atoms with Crippen molar-refractivity contribution in [3.8, 4) is 0 Å². The second-order valence-corrected chi connectivity index (χ2v) is 6.09. The van der Waals surface area contributed by atoms with E-state index in [1.165, 1.54) is 32.1 Å². The van der Waals surface area contributed by atoms with Crippen LogP contribution in [0.3, 0.4) is 0 Å². The van der Waals surface area contributed by atoms with Gasteiger partial charge in [-0.25, -0.2) is 0 Å². The first kappa shape index (κ1) is 16.5. The Labute approximate surface area is 107 Å². The average molecular weight is 242 g/mol. The minimum absolute atomic E-state index is 0.0338. The first-order valence-corrected chi connectivity index (χ1v) is 7.11. The van der Waals surface area contributed by atoms with Gasteiger partial charge in [0.2, 0.25) is 0 Å². The lowest BCUT2D eigenvalue weighted by Gasteiger charge is -2.17. The molecule has 0 aromatic heterocycles. The molecule has 0 aromatic carbocycles. The maximum atomic E-state index is 11.4. The summed E-state index contributed by atoms with van der Waals surface area (Å²) < 4.78 is 5.21. The number of unbranched alkanes of at least 4 members (excludes halogenated alkanes) is 6. The first-order chi connectivity index (χ1) is 7.95. The van der Waals surface area contributed by atoms with Gasteiger partial charge in [-0.05, 0) is 11.8 Å². The van der Waals surface area contributed by atoms with Gasteiger partial charge < -0.3 is 4.74 Å². The predicted octanol–water partition coefficient (Wildman–Crippen LogP) is 4.72. The van der Waals surface area contributed by atoms with Gasteiger partial charge in [0.1, 0.15) is 0 Å². The zero-order valence-electron chi connectivity index (χ0n) is 12.2. The molecule has 0 atom stereocenters. The molecule has 0 bridgehead atoms. The Morgan fingerprint density at radius 2 is 1.47 bits per heavy atom. The summed E-state index contributed by atoms with van der Waals surface area (Å²) >= 11 is 0. The second kappa shape index (κ2) is 9.49. The van der Waals surface area contributed by atoms with E-state index >= 15 is 0 Å². The highest BCUT2D eigenvalue weighted by Crippen LogP contribution is 2.14. The highest BCUT2D eigenvalue weighted by molar-refractivity contribution is 5.69. The summed E-state index contributed by atoms with van der Waals surface area (Å²) in [4.78, 5) is 11.4. The topological polar surface area (TPSA) is 26.3 Å². The number of hydrogen-bond donors (Lipinski definition) is 0. The largest absolute Gasteiger partial charge is 0.465 e. The van der Waals surface area contributed by atoms with Crippen LogP contribution < -0.4 is 0 Å². The smallest absolute Gasteiger partial charge is 0.305 e. The molecule has 0 radical (unpaired) electrons. The third-order valence-electron chi connectivity index (χ3n) is 2.65. The molecule has 0 saturated heterocycles. The van der Waals surface area contributed by atoms with Crippen molar-refractivity contribution in [2.75, 3.05) is 6.61 Å². The van der Waals surface area contributed by atoms with Crippen LogP contribution in [0.1, 0.15) is 79.1 Å². The van der Waals surface area contributed by atoms with Gasteiger partial charge in [-0.2, -0.15) is 0 Å². The van der Waals surface area contributed by atoms with Gasteiger partial charge in [0.05, 0.1) is 6.61 Å². The molecule has 17 heavy (non-hydrogen) atoms. The molecule has 0 rings (SSSR count). The maximum absolute atomic E-state index is 11.4. The van der Waals surface area contributed by atoms with Crippen LogP contribution >= 0.6 is 0 Å². The van der Waals surface area contributed by atoms with Crippen LogP contribution in [0.2, 0.25) is 0 Å². The third-order valence-corrected chi connectivity index (χ3v) is 2.65. The highest BCUT2D eigenvalue weighted by atomic mass is 16.5. The summed E-state index contributed by atoms with van der Waals surface area (Å²) in [5.74, 6) is -0.0338. The Morgan fingerprint density at radius 1 is 0.941 bits per heavy atom. The van der Waals surface area contributed by atoms with Gasteiger partial charge in [-0.15, -0.1) is 0 Å². The average Bonchev–Trinajstić information content (AvgIpc) is 2.24. The van der Waals surface area contributed by atoms with Gasteiger partial charge in [-0.3, -0.25) is 4.79 Å². The molecular formula is C15H30O2. The van der Waals surface area contributed by atoms with E-state index in [0.29, 0.717) is 13.0 Å². The van der Waals surface area contributed by atoms with Crippen molar-refractivity contribution in [1.29, 1.82) is 0 Å². The second-order valence-electron chi connectivity index (χ2n) is 6.09. The lowest BCUT2D eigenvalue weighted by molar-refractivity contribution is -0.146. The fraction of sp³-hybridized carbons (Fsp3) is 0.933. The van der Waals surface area contributed by atoms with E-state index in [-0.39, 0.29) is 11.4 Å². The molecule has 0 fully saturated rings. The number of esters is 1. The van der Waals surface area contributed by atoms with Gasteiger partial charge in [-0.1, -0.05) is 66.2 Å². The van der Waals surface area contributed by atoms with Gasteiger partial charge >= 0.3 is 5.97 Å². The van der Waals surface area contributed by atoms with E-state index in [0.717, 1.165) is 12.8 Å². The molecular weight excluding hydrogens is 212 g/mol. The maximum Gasteiger partial charge on any atom is 0.305 e. The molecule has 0 unspecified atom stereocenters. The summed E-state index contributed by atoms with van der Waals surface area (Å²) in [7, 11) is 0. The SMILES string of the molecule is CCCCCCCCCC(=O)OCC(C)(C)C. The molecule has 0 aromatic rings. The quantitative estimate of drug-likeness (QED) is 0.432. The Hall–Kier alpha value is -0.530. The van der Waals surface area contributed by atoms with E-state index in [1.807, 2.05) is 0 Å². The lowest BCUT2D eigenvalue weighted by Crippen LogP contribution is -2.18. The summed E-state index contributed by atoms with van der Waals surface area (Å²) in [6.07, 6.45) is 9.27. The summed E-state index contributed by atoms with van der Waals surface area (Å²) in [5.41, 5.74) is 0.0792. The highest BCUT2D eigenvalue weighted by Gasteiger charge is 2.13. The van der Waals surface area contributed by atoms with Crippen molar-refractivity contribution in [2.24, 2.45) is 5.41 Å². The van der Waals surface area contributed by atoms with E-state index in [9.17, 15) is 4.79 Å². The number of hydrogen-bond acceptors (Lipinski definition) is 2. The van der Waals surface area contributed by atoms with Crippen LogP contribution in [0.25, 0.3) is 0 Å². The summed E-state index contributed by atoms with van der Waals surface area (Å²) in [5, 5.41) is 0. The zero-order valence-corrected chi connectivity index (χ0v) is 12.2. The van der Waals surface area contributed by atoms with Crippen LogP contribution in [-0.2, 0) is 9.53 Å². The minimum atomic E-state index is -0.0338. The number of ether oxygens (including phenoxy) is 1. The van der Waals surface area contributed by atoms with E-state index in [2.05, 4.69) is 27.7 Å². The molecule has 102 valence electrons. The number of rotatable bonds is 9. The standard InChI is InChI=1S/C15H30O2/c1-5-6-7-8-9-10-11-12-14(16)17-13-15(2,3)4/h5-13H2,1-4H3. The van der Waals surface area contributed by atoms with Crippen molar-refractivity contribution in [3.63, 3.8) is 0 Å². The van der Waals surface area contributed by atoms with Crippen LogP contribution in [0.15, 0.2) is 0 Å². The fourth-order valence-corrected chi connectivity index (χ4v) is 1.60. The van der Waals surface area contributed by atoms with Gasteiger partial charge in [0.25, 0.3) is 0 Å². The van der Waals surface area contributed by atoms with Crippen LogP contribution in [-0.4, -0.2) is 12.6 Å². The number of carbonyl (C=O) groups is 1. The van der Waals surface area contributed by atoms with E-state index < -0.39 is 0 Å². The van der Waals surface area contributed by atoms with Crippen LogP contribution in [0.5, 0.6) is 0 Å². The Bertz CT molecular complexity index is 192. The lowest BCUT2D eigenvalue weighted by atomic mass is 9.99. The normalized spacial score (nSPS) is 11.5. The summed E-state index contributed by atoms with van der Waals surface area (Å²) in [6, 6.07) is 0. The van der Waals surface area contributed by atoms with Crippen LogP contribution in [0.4, 0.5) is 0 Å². The van der Waals surface area contributed by atoms with Crippen molar-refractivity contribution >= 4 is 5.97 Å². The number of carbonyl (C=O) groups excluding carboxylic acids is 1. The Morgan fingerprint density at radius 3 is 2.00 bits per heavy atom. The van der Waals surface area contributed by atoms with Crippen LogP contribution in [0, 0.1) is 5.41 Å². The Balaban J connectivity index is 3.28. The fourth-order valence-electron chi connectivity index (χ4n) is 1.60. The molecule has 0 aliphatic rings. The minimum Gasteiger partial charge on any atom is -0.465 e. The van der Waals surface area contributed by atoms with E-state index in [1.54, 1.807) is 0 Å². The van der Waals surface area contributed by atoms with Crippen molar-refractivity contribution in [3.05, 3.63) is 0 Å². The zero-order chi connectivity index (χ0) is 13.1. The Kier molecular flexibility index (Phi) is 9.20. The molecule has 0 saturated carbocycles. The van der Waals surface area contributed by atoms with Gasteiger partial charge in [0.15, 0.2) is 0 Å². The van der Waals surface area contributed by atoms with Crippen molar-refractivity contribution in [1.82, 2.24) is 0 Å². The predicted molar refractivity (Wildman–Crippen MR) is 73.0 cm³/mol. The monoisotopic (exact) mass is 242 g/mol. The first-order valence-electron chi connectivity index (χ1n) is 7.11.